The zero-order chi connectivity index (χ0) is 31.2. The number of likely N-dealkylation sites (tertiary alicyclic amines) is 1. The van der Waals surface area contributed by atoms with E-state index in [0.717, 1.165) is 52.9 Å². The van der Waals surface area contributed by atoms with Crippen molar-refractivity contribution in [3.63, 3.8) is 0 Å². The number of piperidine rings is 1. The molecule has 3 aromatic rings. The summed E-state index contributed by atoms with van der Waals surface area (Å²) in [7, 11) is 0. The van der Waals surface area contributed by atoms with Gasteiger partial charge in [-0.2, -0.15) is 8.78 Å². The highest BCUT2D eigenvalue weighted by atomic mass is 35.5. The summed E-state index contributed by atoms with van der Waals surface area (Å²) in [5.41, 5.74) is 6.82. The fourth-order valence-corrected chi connectivity index (χ4v) is 6.53. The van der Waals surface area contributed by atoms with Crippen LogP contribution < -0.4 is 10.2 Å². The van der Waals surface area contributed by atoms with Crippen LogP contribution in [0.25, 0.3) is 0 Å². The van der Waals surface area contributed by atoms with Gasteiger partial charge in [0.1, 0.15) is 5.82 Å². The topological polar surface area (TPSA) is 30.9 Å². The van der Waals surface area contributed by atoms with Crippen LogP contribution in [0.4, 0.5) is 20.2 Å². The maximum Gasteiger partial charge on any atom is 0.320 e. The lowest BCUT2D eigenvalue weighted by Crippen LogP contribution is -2.45. The van der Waals surface area contributed by atoms with E-state index in [9.17, 15) is 8.78 Å². The van der Waals surface area contributed by atoms with E-state index in [-0.39, 0.29) is 6.04 Å². The van der Waals surface area contributed by atoms with E-state index in [1.165, 1.54) is 17.7 Å². The van der Waals surface area contributed by atoms with Crippen LogP contribution in [0, 0.1) is 19.8 Å². The Morgan fingerprint density at radius 2 is 1.73 bits per heavy atom. The first-order valence-electron chi connectivity index (χ1n) is 16.1. The molecular weight excluding hydrogens is 574 g/mol. The van der Waals surface area contributed by atoms with Crippen molar-refractivity contribution in [2.75, 3.05) is 23.3 Å². The number of alkyl halides is 2. The van der Waals surface area contributed by atoms with Crippen LogP contribution in [0.3, 0.4) is 0 Å². The number of benzene rings is 3. The molecule has 0 radical (unpaired) electrons. The summed E-state index contributed by atoms with van der Waals surface area (Å²) in [5, 5.41) is 4.44. The van der Waals surface area contributed by atoms with Crippen LogP contribution in [0.5, 0.6) is 0 Å². The molecule has 0 aromatic heterocycles. The van der Waals surface area contributed by atoms with E-state index in [1.807, 2.05) is 56.3 Å². The Bertz CT molecular complexity index is 1470. The highest BCUT2D eigenvalue weighted by Crippen LogP contribution is 2.37. The van der Waals surface area contributed by atoms with E-state index in [2.05, 4.69) is 48.3 Å². The number of rotatable bonds is 12. The van der Waals surface area contributed by atoms with Gasteiger partial charge in [-0.25, -0.2) is 0 Å². The molecule has 1 atom stereocenters. The molecule has 0 spiro atoms. The van der Waals surface area contributed by atoms with Crippen LogP contribution in [0.2, 0.25) is 5.02 Å². The Kier molecular flexibility index (Phi) is 10.6. The van der Waals surface area contributed by atoms with Gasteiger partial charge in [-0.3, -0.25) is 9.89 Å². The van der Waals surface area contributed by atoms with E-state index < -0.39 is 6.55 Å². The molecule has 1 heterocycles. The van der Waals surface area contributed by atoms with Gasteiger partial charge < -0.3 is 10.2 Å². The number of nitrogens with zero attached hydrogens (tertiary/aromatic N) is 3. The van der Waals surface area contributed by atoms with Crippen molar-refractivity contribution in [1.29, 1.82) is 0 Å². The number of halogens is 3. The Hall–Kier alpha value is -3.38. The Morgan fingerprint density at radius 3 is 2.34 bits per heavy atom. The van der Waals surface area contributed by atoms with Gasteiger partial charge in [0.2, 0.25) is 0 Å². The Morgan fingerprint density at radius 1 is 0.977 bits per heavy atom. The molecule has 4 nitrogen and oxygen atoms in total. The zero-order valence-electron chi connectivity index (χ0n) is 26.4. The third-order valence-corrected chi connectivity index (χ3v) is 9.09. The third kappa shape index (κ3) is 7.63. The monoisotopic (exact) mass is 618 g/mol. The minimum absolute atomic E-state index is 0.262. The normalized spacial score (nSPS) is 17.2. The fourth-order valence-electron chi connectivity index (χ4n) is 6.34. The lowest BCUT2D eigenvalue weighted by Gasteiger charge is -2.40. The van der Waals surface area contributed by atoms with Crippen molar-refractivity contribution >= 4 is 28.7 Å². The van der Waals surface area contributed by atoms with Gasteiger partial charge in [-0.15, -0.1) is 0 Å². The predicted octanol–water partition coefficient (Wildman–Crippen LogP) is 9.84. The molecule has 2 aliphatic rings. The predicted molar refractivity (Wildman–Crippen MR) is 181 cm³/mol. The van der Waals surface area contributed by atoms with Gasteiger partial charge in [0, 0.05) is 41.0 Å². The number of hydrogen-bond donors (Lipinski definition) is 1. The van der Waals surface area contributed by atoms with Crippen molar-refractivity contribution in [1.82, 2.24) is 4.90 Å². The second-order valence-electron chi connectivity index (χ2n) is 12.1. The Balaban J connectivity index is 1.30. The summed E-state index contributed by atoms with van der Waals surface area (Å²) >= 11 is 6.40. The minimum Gasteiger partial charge on any atom is -0.382 e. The van der Waals surface area contributed by atoms with E-state index in [1.54, 1.807) is 6.07 Å². The second kappa shape index (κ2) is 14.6. The number of hydrogen-bond acceptors (Lipinski definition) is 4. The molecule has 44 heavy (non-hydrogen) atoms. The summed E-state index contributed by atoms with van der Waals surface area (Å²) in [6, 6.07) is 22.5. The average molecular weight is 619 g/mol. The summed E-state index contributed by atoms with van der Waals surface area (Å²) in [6.45, 7) is 7.05. The van der Waals surface area contributed by atoms with Gasteiger partial charge in [0.05, 0.1) is 17.4 Å². The molecule has 2 fully saturated rings. The smallest absolute Gasteiger partial charge is 0.320 e. The van der Waals surface area contributed by atoms with Crippen molar-refractivity contribution in [3.8, 4) is 0 Å². The molecule has 1 saturated carbocycles. The molecule has 3 aromatic carbocycles. The summed E-state index contributed by atoms with van der Waals surface area (Å²) in [4.78, 5) is 8.62. The first-order valence-corrected chi connectivity index (χ1v) is 16.5. The number of anilines is 2. The number of aliphatic imine (C=N–C) groups is 1. The molecule has 5 rings (SSSR count). The number of allylic oxidation sites excluding steroid dienone is 1. The Labute approximate surface area is 266 Å². The first kappa shape index (κ1) is 32.0. The molecule has 7 heteroatoms. The van der Waals surface area contributed by atoms with Crippen LogP contribution in [0.15, 0.2) is 83.6 Å². The standard InChI is InChI=1S/C37H45ClF2N4/c1-5-10-35(44(37(39)40)34-14-8-7-11-25(34)3)43-21-19-30(20-22-43)41-31-17-18-32(26(4)23-31)36(28-12-9-13-29(38)24-28)42-33(6-2)27-15-16-27/h7-14,17-18,23-24,27,30,33,37,41H,5-6,15-16,19-22H2,1-4H3/b35-10+,42-36?. The van der Waals surface area contributed by atoms with E-state index >= 15 is 0 Å². The van der Waals surface area contributed by atoms with Gasteiger partial charge in [-0.1, -0.05) is 61.8 Å². The van der Waals surface area contributed by atoms with Gasteiger partial charge in [0.25, 0.3) is 0 Å². The fraction of sp³-hybridized carbons (Fsp3) is 0.432. The molecule has 234 valence electrons. The number of para-hydroxylation sites is 1. The second-order valence-corrected chi connectivity index (χ2v) is 12.6. The largest absolute Gasteiger partial charge is 0.382 e. The number of nitrogens with one attached hydrogen (secondary N) is 1. The minimum atomic E-state index is -2.62. The summed E-state index contributed by atoms with van der Waals surface area (Å²) in [6.07, 6.45) is 7.89. The average Bonchev–Trinajstić information content (AvgIpc) is 3.85. The summed E-state index contributed by atoms with van der Waals surface area (Å²) < 4.78 is 29.0. The summed E-state index contributed by atoms with van der Waals surface area (Å²) in [5.74, 6) is 1.28. The SMILES string of the molecule is CC/C=C(\N1CCC(Nc2ccc(C(=NC(CC)C3CC3)c3cccc(Cl)c3)c(C)c2)CC1)N(c1ccccc1C)C(F)F. The maximum absolute atomic E-state index is 14.5. The maximum atomic E-state index is 14.5. The zero-order valence-corrected chi connectivity index (χ0v) is 27.1. The van der Waals surface area contributed by atoms with Crippen molar-refractivity contribution in [3.05, 3.63) is 106 Å². The van der Waals surface area contributed by atoms with Crippen LogP contribution in [-0.4, -0.2) is 42.3 Å². The van der Waals surface area contributed by atoms with Crippen LogP contribution in [-0.2, 0) is 0 Å². The van der Waals surface area contributed by atoms with Crippen molar-refractivity contribution in [2.45, 2.75) is 84.9 Å². The van der Waals surface area contributed by atoms with Crippen molar-refractivity contribution < 1.29 is 8.78 Å². The molecular formula is C37H45ClF2N4. The highest BCUT2D eigenvalue weighted by molar-refractivity contribution is 6.31. The molecule has 1 N–H and O–H groups in total. The molecule has 1 aliphatic carbocycles. The van der Waals surface area contributed by atoms with E-state index in [4.69, 9.17) is 16.6 Å². The molecule has 0 bridgehead atoms. The number of aryl methyl sites for hydroxylation is 2. The van der Waals surface area contributed by atoms with Crippen LogP contribution >= 0.6 is 11.6 Å². The third-order valence-electron chi connectivity index (χ3n) is 8.85. The lowest BCUT2D eigenvalue weighted by atomic mass is 9.96. The van der Waals surface area contributed by atoms with E-state index in [0.29, 0.717) is 48.0 Å². The van der Waals surface area contributed by atoms with Crippen LogP contribution in [0.1, 0.15) is 74.6 Å². The molecule has 0 amide bonds. The highest BCUT2D eigenvalue weighted by Gasteiger charge is 2.31. The first-order chi connectivity index (χ1) is 21.3. The quantitative estimate of drug-likeness (QED) is 0.162. The molecule has 1 unspecified atom stereocenters. The van der Waals surface area contributed by atoms with Crippen molar-refractivity contribution in [2.24, 2.45) is 10.9 Å². The lowest BCUT2D eigenvalue weighted by molar-refractivity contribution is 0.133. The van der Waals surface area contributed by atoms with Gasteiger partial charge in [-0.05, 0) is 106 Å². The van der Waals surface area contributed by atoms with Gasteiger partial charge in [0.15, 0.2) is 0 Å². The molecule has 1 saturated heterocycles. The van der Waals surface area contributed by atoms with Gasteiger partial charge >= 0.3 is 6.55 Å². The molecule has 1 aliphatic heterocycles.